The summed E-state index contributed by atoms with van der Waals surface area (Å²) in [5.41, 5.74) is 7.35. The van der Waals surface area contributed by atoms with Crippen molar-refractivity contribution in [3.8, 4) is 0 Å². The Morgan fingerprint density at radius 1 is 1.19 bits per heavy atom. The Labute approximate surface area is 179 Å². The van der Waals surface area contributed by atoms with Crippen molar-refractivity contribution in [1.29, 1.82) is 0 Å². The fourth-order valence-corrected chi connectivity index (χ4v) is 3.67. The van der Waals surface area contributed by atoms with Crippen molar-refractivity contribution in [3.05, 3.63) is 34.2 Å². The Morgan fingerprint density at radius 2 is 1.97 bits per heavy atom. The molecule has 1 aliphatic heterocycles. The second kappa shape index (κ2) is 10.7. The molecule has 2 aromatic rings. The van der Waals surface area contributed by atoms with Crippen LogP contribution in [-0.4, -0.2) is 60.1 Å². The summed E-state index contributed by atoms with van der Waals surface area (Å²) in [5, 5.41) is 2.31. The maximum absolute atomic E-state index is 12.9. The van der Waals surface area contributed by atoms with Gasteiger partial charge in [0, 0.05) is 26.6 Å². The van der Waals surface area contributed by atoms with Gasteiger partial charge in [-0.25, -0.2) is 9.18 Å². The van der Waals surface area contributed by atoms with Gasteiger partial charge in [-0.2, -0.15) is 0 Å². The summed E-state index contributed by atoms with van der Waals surface area (Å²) in [7, 11) is 1.67. The van der Waals surface area contributed by atoms with Gasteiger partial charge in [-0.3, -0.25) is 24.0 Å². The van der Waals surface area contributed by atoms with Crippen molar-refractivity contribution in [1.82, 2.24) is 14.5 Å². The zero-order valence-electron chi connectivity index (χ0n) is 17.6. The highest BCUT2D eigenvalue weighted by atomic mass is 19.1. The summed E-state index contributed by atoms with van der Waals surface area (Å²) in [6.07, 6.45) is 0.917. The molecule has 3 rings (SSSR count). The van der Waals surface area contributed by atoms with Crippen LogP contribution in [0.4, 0.5) is 4.39 Å². The van der Waals surface area contributed by atoms with Gasteiger partial charge < -0.3 is 15.2 Å². The summed E-state index contributed by atoms with van der Waals surface area (Å²) in [4.78, 5) is 36.4. The summed E-state index contributed by atoms with van der Waals surface area (Å²) >= 11 is 0. The fraction of sp³-hybridized carbons (Fsp3) is 0.571. The number of fused-ring (bicyclic) bond motifs is 1. The summed E-state index contributed by atoms with van der Waals surface area (Å²) in [6.45, 7) is 1.18. The molecule has 0 saturated carbocycles. The van der Waals surface area contributed by atoms with Gasteiger partial charge in [-0.1, -0.05) is 6.07 Å². The predicted octanol–water partition coefficient (Wildman–Crippen LogP) is 0.580. The van der Waals surface area contributed by atoms with Crippen LogP contribution in [0, 0.1) is 0 Å². The lowest BCUT2D eigenvalue weighted by atomic mass is 10.1. The molecule has 31 heavy (non-hydrogen) atoms. The molecule has 2 amide bonds. The summed E-state index contributed by atoms with van der Waals surface area (Å²) < 4.78 is 26.5. The third-order valence-corrected chi connectivity index (χ3v) is 5.36. The van der Waals surface area contributed by atoms with Gasteiger partial charge in [-0.05, 0) is 37.0 Å². The van der Waals surface area contributed by atoms with Gasteiger partial charge in [0.1, 0.15) is 12.2 Å². The van der Waals surface area contributed by atoms with Crippen molar-refractivity contribution < 1.29 is 23.5 Å². The summed E-state index contributed by atoms with van der Waals surface area (Å²) in [6, 6.07) is 5.03. The van der Waals surface area contributed by atoms with Crippen LogP contribution in [0.2, 0.25) is 0 Å². The molecule has 0 spiro atoms. The minimum atomic E-state index is -1.14. The molecule has 2 unspecified atom stereocenters. The third-order valence-electron chi connectivity index (χ3n) is 5.36. The number of nitrogens with zero attached hydrogens (tertiary/aromatic N) is 2. The number of benzene rings is 1. The lowest BCUT2D eigenvalue weighted by Gasteiger charge is -2.21. The highest BCUT2D eigenvalue weighted by molar-refractivity contribution is 6.00. The number of piperidine rings is 1. The molecule has 2 atom stereocenters. The lowest BCUT2D eigenvalue weighted by molar-refractivity contribution is -0.135. The SMILES string of the molecule is Cn1c(=O)n(C2CCC(=O)NC2=O)c2ccc(CCCOCCOCC(F)CN)cc21. The quantitative estimate of drug-likeness (QED) is 0.393. The number of aromatic nitrogens is 2. The largest absolute Gasteiger partial charge is 0.379 e. The van der Waals surface area contributed by atoms with E-state index >= 15 is 0 Å². The maximum atomic E-state index is 12.9. The van der Waals surface area contributed by atoms with Crippen molar-refractivity contribution >= 4 is 22.8 Å². The average Bonchev–Trinajstić information content (AvgIpc) is 3.00. The monoisotopic (exact) mass is 436 g/mol. The number of ether oxygens (including phenoxy) is 2. The van der Waals surface area contributed by atoms with Crippen LogP contribution in [0.1, 0.15) is 30.9 Å². The minimum Gasteiger partial charge on any atom is -0.379 e. The number of halogens is 1. The molecule has 1 aromatic carbocycles. The van der Waals surface area contributed by atoms with E-state index in [0.717, 1.165) is 23.9 Å². The van der Waals surface area contributed by atoms with Crippen LogP contribution in [0.5, 0.6) is 0 Å². The first-order valence-corrected chi connectivity index (χ1v) is 10.5. The van der Waals surface area contributed by atoms with E-state index in [1.165, 1.54) is 9.13 Å². The Kier molecular flexibility index (Phi) is 7.94. The number of aryl methyl sites for hydroxylation is 2. The van der Waals surface area contributed by atoms with E-state index in [1.54, 1.807) is 7.05 Å². The van der Waals surface area contributed by atoms with Gasteiger partial charge in [-0.15, -0.1) is 0 Å². The van der Waals surface area contributed by atoms with Gasteiger partial charge in [0.25, 0.3) is 0 Å². The number of nitrogens with two attached hydrogens (primary N) is 1. The van der Waals surface area contributed by atoms with Crippen molar-refractivity contribution in [2.75, 3.05) is 33.0 Å². The van der Waals surface area contributed by atoms with E-state index in [9.17, 15) is 18.8 Å². The molecule has 1 fully saturated rings. The molecule has 170 valence electrons. The van der Waals surface area contributed by atoms with Gasteiger partial charge in [0.05, 0.1) is 30.9 Å². The molecule has 10 heteroatoms. The Hall–Kier alpha value is -2.56. The van der Waals surface area contributed by atoms with Crippen LogP contribution in [0.15, 0.2) is 23.0 Å². The second-order valence-electron chi connectivity index (χ2n) is 7.63. The molecule has 1 aromatic heterocycles. The van der Waals surface area contributed by atoms with E-state index in [-0.39, 0.29) is 31.2 Å². The van der Waals surface area contributed by atoms with Crippen LogP contribution in [0.3, 0.4) is 0 Å². The molecule has 2 heterocycles. The number of hydrogen-bond donors (Lipinski definition) is 2. The number of nitrogens with one attached hydrogen (secondary N) is 1. The Morgan fingerprint density at radius 3 is 2.71 bits per heavy atom. The normalized spacial score (nSPS) is 17.8. The molecule has 0 radical (unpaired) electrons. The smallest absolute Gasteiger partial charge is 0.329 e. The Bertz CT molecular complexity index is 986. The topological polar surface area (TPSA) is 118 Å². The number of amides is 2. The molecular weight excluding hydrogens is 407 g/mol. The van der Waals surface area contributed by atoms with Gasteiger partial charge in [0.15, 0.2) is 0 Å². The number of alkyl halides is 1. The van der Waals surface area contributed by atoms with Crippen molar-refractivity contribution in [2.45, 2.75) is 37.9 Å². The molecule has 1 saturated heterocycles. The van der Waals surface area contributed by atoms with E-state index in [2.05, 4.69) is 5.32 Å². The van der Waals surface area contributed by atoms with Crippen LogP contribution in [0.25, 0.3) is 11.0 Å². The highest BCUT2D eigenvalue weighted by Crippen LogP contribution is 2.24. The fourth-order valence-electron chi connectivity index (χ4n) is 3.67. The zero-order chi connectivity index (χ0) is 22.4. The lowest BCUT2D eigenvalue weighted by Crippen LogP contribution is -2.44. The van der Waals surface area contributed by atoms with Crippen molar-refractivity contribution in [2.24, 2.45) is 12.8 Å². The number of imide groups is 1. The first-order valence-electron chi connectivity index (χ1n) is 10.5. The van der Waals surface area contributed by atoms with Gasteiger partial charge in [0.2, 0.25) is 11.8 Å². The zero-order valence-corrected chi connectivity index (χ0v) is 17.6. The third kappa shape index (κ3) is 5.57. The molecule has 9 nitrogen and oxygen atoms in total. The van der Waals surface area contributed by atoms with Gasteiger partial charge >= 0.3 is 5.69 Å². The van der Waals surface area contributed by atoms with E-state index in [1.807, 2.05) is 18.2 Å². The van der Waals surface area contributed by atoms with E-state index in [0.29, 0.717) is 31.8 Å². The number of hydrogen-bond acceptors (Lipinski definition) is 6. The number of carbonyl (C=O) groups is 2. The van der Waals surface area contributed by atoms with Crippen LogP contribution < -0.4 is 16.7 Å². The second-order valence-corrected chi connectivity index (χ2v) is 7.63. The average molecular weight is 436 g/mol. The van der Waals surface area contributed by atoms with E-state index < -0.39 is 18.1 Å². The molecular formula is C21H29FN4O5. The number of carbonyl (C=O) groups excluding carboxylic acids is 2. The predicted molar refractivity (Wildman–Crippen MR) is 113 cm³/mol. The maximum Gasteiger partial charge on any atom is 0.329 e. The highest BCUT2D eigenvalue weighted by Gasteiger charge is 2.31. The number of rotatable bonds is 11. The molecule has 1 aliphatic rings. The first-order chi connectivity index (χ1) is 14.9. The first kappa shape index (κ1) is 23.1. The van der Waals surface area contributed by atoms with Crippen molar-refractivity contribution in [3.63, 3.8) is 0 Å². The minimum absolute atomic E-state index is 0.0168. The summed E-state index contributed by atoms with van der Waals surface area (Å²) in [5.74, 6) is -0.756. The standard InChI is InChI=1S/C21H29FN4O5/c1-25-18-11-14(3-2-8-30-9-10-31-13-15(22)12-23)4-5-16(18)26(21(25)29)17-6-7-19(27)24-20(17)28/h4-5,11,15,17H,2-3,6-10,12-13,23H2,1H3,(H,24,27,28). The molecule has 0 bridgehead atoms. The number of imidazole rings is 1. The molecule has 0 aliphatic carbocycles. The molecule has 3 N–H and O–H groups in total. The van der Waals surface area contributed by atoms with E-state index in [4.69, 9.17) is 15.2 Å². The van der Waals surface area contributed by atoms with Crippen LogP contribution >= 0.6 is 0 Å². The van der Waals surface area contributed by atoms with Crippen LogP contribution in [-0.2, 0) is 32.5 Å². The Balaban J connectivity index is 1.56.